The van der Waals surface area contributed by atoms with Crippen LogP contribution in [0.1, 0.15) is 18.1 Å². The number of aliphatic hydroxyl groups is 1. The SMILES string of the molecule is C/C=C/c1c(CO)cc2ccccc2c1OC. The molecule has 88 valence electrons. The Hall–Kier alpha value is -1.80. The summed E-state index contributed by atoms with van der Waals surface area (Å²) in [6.45, 7) is 1.97. The molecule has 2 rings (SSSR count). The van der Waals surface area contributed by atoms with Gasteiger partial charge >= 0.3 is 0 Å². The summed E-state index contributed by atoms with van der Waals surface area (Å²) in [6.07, 6.45) is 3.92. The normalized spacial score (nSPS) is 11.2. The third-order valence-corrected chi connectivity index (χ3v) is 2.83. The van der Waals surface area contributed by atoms with Crippen molar-refractivity contribution in [2.24, 2.45) is 0 Å². The van der Waals surface area contributed by atoms with E-state index in [2.05, 4.69) is 0 Å². The largest absolute Gasteiger partial charge is 0.495 e. The second kappa shape index (κ2) is 5.02. The van der Waals surface area contributed by atoms with Crippen molar-refractivity contribution in [2.45, 2.75) is 13.5 Å². The monoisotopic (exact) mass is 228 g/mol. The van der Waals surface area contributed by atoms with Crippen molar-refractivity contribution in [1.29, 1.82) is 0 Å². The second-order valence-corrected chi connectivity index (χ2v) is 3.86. The number of ether oxygens (including phenoxy) is 1. The first kappa shape index (κ1) is 11.7. The predicted octanol–water partition coefficient (Wildman–Crippen LogP) is 3.37. The highest BCUT2D eigenvalue weighted by atomic mass is 16.5. The lowest BCUT2D eigenvalue weighted by Gasteiger charge is -2.13. The molecule has 2 heteroatoms. The van der Waals surface area contributed by atoms with Gasteiger partial charge in [-0.2, -0.15) is 0 Å². The summed E-state index contributed by atoms with van der Waals surface area (Å²) in [4.78, 5) is 0. The Morgan fingerprint density at radius 2 is 2.06 bits per heavy atom. The quantitative estimate of drug-likeness (QED) is 0.872. The summed E-state index contributed by atoms with van der Waals surface area (Å²) in [6, 6.07) is 10.0. The molecule has 0 heterocycles. The van der Waals surface area contributed by atoms with Crippen molar-refractivity contribution in [3.63, 3.8) is 0 Å². The van der Waals surface area contributed by atoms with Crippen molar-refractivity contribution in [2.75, 3.05) is 7.11 Å². The molecule has 0 amide bonds. The van der Waals surface area contributed by atoms with Crippen LogP contribution >= 0.6 is 0 Å². The van der Waals surface area contributed by atoms with E-state index in [4.69, 9.17) is 4.74 Å². The van der Waals surface area contributed by atoms with E-state index in [0.29, 0.717) is 0 Å². The predicted molar refractivity (Wildman–Crippen MR) is 71.1 cm³/mol. The summed E-state index contributed by atoms with van der Waals surface area (Å²) >= 11 is 0. The third-order valence-electron chi connectivity index (χ3n) is 2.83. The zero-order chi connectivity index (χ0) is 12.3. The maximum absolute atomic E-state index is 9.44. The van der Waals surface area contributed by atoms with Gasteiger partial charge in [0.2, 0.25) is 0 Å². The molecule has 0 atom stereocenters. The van der Waals surface area contributed by atoms with Crippen LogP contribution in [0.2, 0.25) is 0 Å². The van der Waals surface area contributed by atoms with Gasteiger partial charge in [-0.25, -0.2) is 0 Å². The highest BCUT2D eigenvalue weighted by molar-refractivity contribution is 5.93. The van der Waals surface area contributed by atoms with Gasteiger partial charge in [-0.1, -0.05) is 36.4 Å². The summed E-state index contributed by atoms with van der Waals surface area (Å²) in [5, 5.41) is 11.6. The van der Waals surface area contributed by atoms with Crippen LogP contribution in [0.25, 0.3) is 16.8 Å². The number of fused-ring (bicyclic) bond motifs is 1. The molecule has 0 saturated carbocycles. The summed E-state index contributed by atoms with van der Waals surface area (Å²) in [5.74, 6) is 0.824. The van der Waals surface area contributed by atoms with E-state index in [0.717, 1.165) is 27.6 Å². The van der Waals surface area contributed by atoms with Crippen LogP contribution in [0.4, 0.5) is 0 Å². The fraction of sp³-hybridized carbons (Fsp3) is 0.200. The van der Waals surface area contributed by atoms with Crippen LogP contribution in [-0.2, 0) is 6.61 Å². The van der Waals surface area contributed by atoms with E-state index < -0.39 is 0 Å². The minimum atomic E-state index is 0.0147. The van der Waals surface area contributed by atoms with Crippen molar-refractivity contribution in [3.05, 3.63) is 47.5 Å². The van der Waals surface area contributed by atoms with Crippen molar-refractivity contribution >= 4 is 16.8 Å². The maximum Gasteiger partial charge on any atom is 0.134 e. The van der Waals surface area contributed by atoms with E-state index in [1.54, 1.807) is 7.11 Å². The fourth-order valence-electron chi connectivity index (χ4n) is 2.09. The minimum Gasteiger partial charge on any atom is -0.495 e. The van der Waals surface area contributed by atoms with Gasteiger partial charge in [0.1, 0.15) is 5.75 Å². The number of aliphatic hydroxyl groups excluding tert-OH is 1. The molecule has 0 aliphatic carbocycles. The van der Waals surface area contributed by atoms with Gasteiger partial charge in [0, 0.05) is 10.9 Å². The molecule has 0 unspecified atom stereocenters. The molecule has 2 aromatic rings. The zero-order valence-electron chi connectivity index (χ0n) is 10.1. The molecule has 0 aliphatic rings. The Morgan fingerprint density at radius 1 is 1.29 bits per heavy atom. The van der Waals surface area contributed by atoms with Gasteiger partial charge in [0.15, 0.2) is 0 Å². The Balaban J connectivity index is 2.84. The lowest BCUT2D eigenvalue weighted by atomic mass is 9.99. The Bertz CT molecular complexity index is 556. The molecule has 0 bridgehead atoms. The Labute approximate surface area is 101 Å². The lowest BCUT2D eigenvalue weighted by Crippen LogP contribution is -1.95. The van der Waals surface area contributed by atoms with Gasteiger partial charge < -0.3 is 9.84 Å². The molecule has 0 saturated heterocycles. The van der Waals surface area contributed by atoms with Crippen LogP contribution in [0.5, 0.6) is 5.75 Å². The second-order valence-electron chi connectivity index (χ2n) is 3.86. The van der Waals surface area contributed by atoms with E-state index in [-0.39, 0.29) is 6.61 Å². The average Bonchev–Trinajstić information content (AvgIpc) is 2.38. The molecule has 0 spiro atoms. The first-order valence-electron chi connectivity index (χ1n) is 5.64. The van der Waals surface area contributed by atoms with Crippen LogP contribution in [-0.4, -0.2) is 12.2 Å². The first-order chi connectivity index (χ1) is 8.31. The average molecular weight is 228 g/mol. The van der Waals surface area contributed by atoms with E-state index >= 15 is 0 Å². The summed E-state index contributed by atoms with van der Waals surface area (Å²) in [5.41, 5.74) is 1.84. The minimum absolute atomic E-state index is 0.0147. The van der Waals surface area contributed by atoms with Crippen LogP contribution in [0.15, 0.2) is 36.4 Å². The number of hydrogen-bond acceptors (Lipinski definition) is 2. The van der Waals surface area contributed by atoms with E-state index in [9.17, 15) is 5.11 Å². The molecular weight excluding hydrogens is 212 g/mol. The molecule has 0 aliphatic heterocycles. The molecule has 1 N–H and O–H groups in total. The highest BCUT2D eigenvalue weighted by Gasteiger charge is 2.10. The number of rotatable bonds is 3. The van der Waals surface area contributed by atoms with Gasteiger partial charge in [-0.05, 0) is 23.9 Å². The molecule has 0 aromatic heterocycles. The standard InChI is InChI=1S/C15H16O2/c1-3-6-13-12(10-16)9-11-7-4-5-8-14(11)15(13)17-2/h3-9,16H,10H2,1-2H3/b6-3+. The number of methoxy groups -OCH3 is 1. The summed E-state index contributed by atoms with van der Waals surface area (Å²) in [7, 11) is 1.66. The Morgan fingerprint density at radius 3 is 2.71 bits per heavy atom. The van der Waals surface area contributed by atoms with E-state index in [1.165, 1.54) is 0 Å². The molecule has 2 aromatic carbocycles. The van der Waals surface area contributed by atoms with E-state index in [1.807, 2.05) is 49.4 Å². The molecule has 0 radical (unpaired) electrons. The van der Waals surface area contributed by atoms with Gasteiger partial charge in [-0.3, -0.25) is 0 Å². The zero-order valence-corrected chi connectivity index (χ0v) is 10.1. The molecular formula is C15H16O2. The maximum atomic E-state index is 9.44. The molecule has 17 heavy (non-hydrogen) atoms. The smallest absolute Gasteiger partial charge is 0.134 e. The van der Waals surface area contributed by atoms with Crippen molar-refractivity contribution in [3.8, 4) is 5.75 Å². The third kappa shape index (κ3) is 2.04. The van der Waals surface area contributed by atoms with Crippen molar-refractivity contribution < 1.29 is 9.84 Å². The number of allylic oxidation sites excluding steroid dienone is 1. The van der Waals surface area contributed by atoms with Gasteiger partial charge in [0.05, 0.1) is 13.7 Å². The Kier molecular flexibility index (Phi) is 3.45. The highest BCUT2D eigenvalue weighted by Crippen LogP contribution is 2.33. The van der Waals surface area contributed by atoms with Crippen LogP contribution in [0.3, 0.4) is 0 Å². The fourth-order valence-corrected chi connectivity index (χ4v) is 2.09. The van der Waals surface area contributed by atoms with Crippen LogP contribution < -0.4 is 4.74 Å². The lowest BCUT2D eigenvalue weighted by molar-refractivity contribution is 0.281. The van der Waals surface area contributed by atoms with Crippen molar-refractivity contribution in [1.82, 2.24) is 0 Å². The number of benzene rings is 2. The van der Waals surface area contributed by atoms with Gasteiger partial charge in [0.25, 0.3) is 0 Å². The van der Waals surface area contributed by atoms with Crippen LogP contribution in [0, 0.1) is 0 Å². The number of hydrogen-bond donors (Lipinski definition) is 1. The topological polar surface area (TPSA) is 29.5 Å². The molecule has 2 nitrogen and oxygen atoms in total. The molecule has 0 fully saturated rings. The summed E-state index contributed by atoms with van der Waals surface area (Å²) < 4.78 is 5.49. The first-order valence-corrected chi connectivity index (χ1v) is 5.64. The van der Waals surface area contributed by atoms with Gasteiger partial charge in [-0.15, -0.1) is 0 Å².